The van der Waals surface area contributed by atoms with Gasteiger partial charge in [-0.25, -0.2) is 4.79 Å². The second-order valence-electron chi connectivity index (χ2n) is 3.20. The van der Waals surface area contributed by atoms with Crippen LogP contribution in [0.1, 0.15) is 0 Å². The number of carboxylic acids is 1. The Bertz CT molecular complexity index is 511. The number of halogens is 3. The molecular formula is C11H8F3NO4. The molecule has 102 valence electrons. The van der Waals surface area contributed by atoms with Gasteiger partial charge in [0.1, 0.15) is 0 Å². The number of para-hydroxylation sites is 2. The van der Waals surface area contributed by atoms with Gasteiger partial charge in [0.15, 0.2) is 5.75 Å². The van der Waals surface area contributed by atoms with Gasteiger partial charge in [0, 0.05) is 12.2 Å². The van der Waals surface area contributed by atoms with Crippen molar-refractivity contribution in [3.8, 4) is 5.75 Å². The SMILES string of the molecule is O=C(O)C=CC(=O)Nc1ccccc1OC(F)(F)F. The van der Waals surface area contributed by atoms with E-state index in [1.807, 2.05) is 0 Å². The number of carbonyl (C=O) groups excluding carboxylic acids is 1. The number of hydrogen-bond donors (Lipinski definition) is 2. The molecule has 8 heteroatoms. The second kappa shape index (κ2) is 5.89. The Morgan fingerprint density at radius 3 is 2.42 bits per heavy atom. The summed E-state index contributed by atoms with van der Waals surface area (Å²) in [5.41, 5.74) is -0.222. The first-order valence-electron chi connectivity index (χ1n) is 4.85. The summed E-state index contributed by atoms with van der Waals surface area (Å²) in [5.74, 6) is -2.83. The van der Waals surface area contributed by atoms with Crippen molar-refractivity contribution < 1.29 is 32.6 Å². The largest absolute Gasteiger partial charge is 0.573 e. The number of hydrogen-bond acceptors (Lipinski definition) is 3. The van der Waals surface area contributed by atoms with Gasteiger partial charge in [-0.15, -0.1) is 13.2 Å². The van der Waals surface area contributed by atoms with Gasteiger partial charge in [0.2, 0.25) is 5.91 Å². The molecule has 0 saturated heterocycles. The summed E-state index contributed by atoms with van der Waals surface area (Å²) in [7, 11) is 0. The van der Waals surface area contributed by atoms with E-state index in [-0.39, 0.29) is 5.69 Å². The molecule has 5 nitrogen and oxygen atoms in total. The van der Waals surface area contributed by atoms with E-state index in [0.717, 1.165) is 6.07 Å². The van der Waals surface area contributed by atoms with Crippen molar-refractivity contribution >= 4 is 17.6 Å². The minimum Gasteiger partial charge on any atom is -0.478 e. The van der Waals surface area contributed by atoms with Crippen molar-refractivity contribution in [2.45, 2.75) is 6.36 Å². The molecule has 19 heavy (non-hydrogen) atoms. The number of carboxylic acid groups (broad SMARTS) is 1. The van der Waals surface area contributed by atoms with Gasteiger partial charge in [-0.1, -0.05) is 12.1 Å². The molecule has 1 aromatic carbocycles. The molecule has 1 rings (SSSR count). The lowest BCUT2D eigenvalue weighted by molar-refractivity contribution is -0.274. The van der Waals surface area contributed by atoms with Gasteiger partial charge in [0.25, 0.3) is 0 Å². The number of rotatable bonds is 4. The van der Waals surface area contributed by atoms with Crippen LogP contribution < -0.4 is 10.1 Å². The summed E-state index contributed by atoms with van der Waals surface area (Å²) in [5, 5.41) is 10.4. The van der Waals surface area contributed by atoms with Crippen molar-refractivity contribution in [3.63, 3.8) is 0 Å². The van der Waals surface area contributed by atoms with E-state index in [2.05, 4.69) is 10.1 Å². The van der Waals surface area contributed by atoms with Crippen LogP contribution in [0.2, 0.25) is 0 Å². The number of nitrogens with one attached hydrogen (secondary N) is 1. The summed E-state index contributed by atoms with van der Waals surface area (Å²) in [6.07, 6.45) is -3.66. The normalized spacial score (nSPS) is 11.3. The molecule has 0 aliphatic heterocycles. The Morgan fingerprint density at radius 2 is 1.84 bits per heavy atom. The van der Waals surface area contributed by atoms with Gasteiger partial charge in [0.05, 0.1) is 5.69 Å². The predicted octanol–water partition coefficient (Wildman–Crippen LogP) is 2.16. The van der Waals surface area contributed by atoms with Crippen molar-refractivity contribution in [1.29, 1.82) is 0 Å². The van der Waals surface area contributed by atoms with Crippen LogP contribution in [0, 0.1) is 0 Å². The van der Waals surface area contributed by atoms with E-state index in [9.17, 15) is 22.8 Å². The first-order chi connectivity index (χ1) is 8.78. The molecule has 0 spiro atoms. The van der Waals surface area contributed by atoms with E-state index >= 15 is 0 Å². The van der Waals surface area contributed by atoms with Gasteiger partial charge in [-0.05, 0) is 12.1 Å². The zero-order valence-electron chi connectivity index (χ0n) is 9.27. The number of benzene rings is 1. The molecule has 0 fully saturated rings. The molecule has 0 radical (unpaired) electrons. The number of alkyl halides is 3. The number of aliphatic carboxylic acids is 1. The van der Waals surface area contributed by atoms with Gasteiger partial charge in [-0.3, -0.25) is 4.79 Å². The fraction of sp³-hybridized carbons (Fsp3) is 0.0909. The molecule has 0 aliphatic carbocycles. The summed E-state index contributed by atoms with van der Waals surface area (Å²) in [6.45, 7) is 0. The van der Waals surface area contributed by atoms with Gasteiger partial charge in [-0.2, -0.15) is 0 Å². The Balaban J connectivity index is 2.84. The number of anilines is 1. The number of amides is 1. The van der Waals surface area contributed by atoms with Crippen LogP contribution in [0.5, 0.6) is 5.75 Å². The molecule has 0 saturated carbocycles. The van der Waals surface area contributed by atoms with Crippen molar-refractivity contribution in [1.82, 2.24) is 0 Å². The third kappa shape index (κ3) is 5.57. The fourth-order valence-corrected chi connectivity index (χ4v) is 1.10. The molecule has 2 N–H and O–H groups in total. The third-order valence-electron chi connectivity index (χ3n) is 1.75. The molecule has 1 aromatic rings. The van der Waals surface area contributed by atoms with E-state index in [1.54, 1.807) is 0 Å². The molecule has 0 unspecified atom stereocenters. The van der Waals surface area contributed by atoms with E-state index < -0.39 is 24.0 Å². The van der Waals surface area contributed by atoms with Crippen LogP contribution in [0.25, 0.3) is 0 Å². The number of ether oxygens (including phenoxy) is 1. The maximum atomic E-state index is 12.1. The highest BCUT2D eigenvalue weighted by atomic mass is 19.4. The van der Waals surface area contributed by atoms with Gasteiger partial charge >= 0.3 is 12.3 Å². The molecular weight excluding hydrogens is 267 g/mol. The molecule has 0 aromatic heterocycles. The Labute approximate surface area is 105 Å². The first kappa shape index (κ1) is 14.6. The minimum atomic E-state index is -4.89. The van der Waals surface area contributed by atoms with Crippen LogP contribution >= 0.6 is 0 Å². The fourth-order valence-electron chi connectivity index (χ4n) is 1.10. The summed E-state index contributed by atoms with van der Waals surface area (Å²) in [4.78, 5) is 21.4. The zero-order chi connectivity index (χ0) is 14.5. The Hall–Kier alpha value is -2.51. The van der Waals surface area contributed by atoms with Crippen LogP contribution in [0.3, 0.4) is 0 Å². The maximum absolute atomic E-state index is 12.1. The van der Waals surface area contributed by atoms with E-state index in [1.165, 1.54) is 18.2 Å². The van der Waals surface area contributed by atoms with Crippen molar-refractivity contribution in [2.24, 2.45) is 0 Å². The maximum Gasteiger partial charge on any atom is 0.573 e. The first-order valence-corrected chi connectivity index (χ1v) is 4.85. The Kier molecular flexibility index (Phi) is 4.51. The molecule has 0 heterocycles. The van der Waals surface area contributed by atoms with Crippen LogP contribution in [0.4, 0.5) is 18.9 Å². The highest BCUT2D eigenvalue weighted by Gasteiger charge is 2.32. The topological polar surface area (TPSA) is 75.6 Å². The lowest BCUT2D eigenvalue weighted by atomic mass is 10.3. The highest BCUT2D eigenvalue weighted by Crippen LogP contribution is 2.29. The lowest BCUT2D eigenvalue weighted by Crippen LogP contribution is -2.19. The third-order valence-corrected chi connectivity index (χ3v) is 1.75. The molecule has 0 bridgehead atoms. The molecule has 1 amide bonds. The zero-order valence-corrected chi connectivity index (χ0v) is 9.27. The van der Waals surface area contributed by atoms with Crippen LogP contribution in [-0.4, -0.2) is 23.3 Å². The lowest BCUT2D eigenvalue weighted by Gasteiger charge is -2.12. The average molecular weight is 275 g/mol. The average Bonchev–Trinajstić information content (AvgIpc) is 2.27. The summed E-state index contributed by atoms with van der Waals surface area (Å²) < 4.78 is 40.0. The molecule has 0 atom stereocenters. The van der Waals surface area contributed by atoms with E-state index in [0.29, 0.717) is 12.2 Å². The monoisotopic (exact) mass is 275 g/mol. The summed E-state index contributed by atoms with van der Waals surface area (Å²) >= 11 is 0. The molecule has 0 aliphatic rings. The van der Waals surface area contributed by atoms with Crippen LogP contribution in [-0.2, 0) is 9.59 Å². The standard InChI is InChI=1S/C11H8F3NO4/c12-11(13,14)19-8-4-2-1-3-7(8)15-9(16)5-6-10(17)18/h1-6H,(H,15,16)(H,17,18). The van der Waals surface area contributed by atoms with Crippen molar-refractivity contribution in [3.05, 3.63) is 36.4 Å². The van der Waals surface area contributed by atoms with Crippen molar-refractivity contribution in [2.75, 3.05) is 5.32 Å². The highest BCUT2D eigenvalue weighted by molar-refractivity contribution is 6.03. The smallest absolute Gasteiger partial charge is 0.478 e. The number of carbonyl (C=O) groups is 2. The second-order valence-corrected chi connectivity index (χ2v) is 3.20. The minimum absolute atomic E-state index is 0.222. The van der Waals surface area contributed by atoms with Gasteiger partial charge < -0.3 is 15.2 Å². The predicted molar refractivity (Wildman–Crippen MR) is 58.5 cm³/mol. The van der Waals surface area contributed by atoms with E-state index in [4.69, 9.17) is 5.11 Å². The quantitative estimate of drug-likeness (QED) is 0.826. The van der Waals surface area contributed by atoms with Crippen LogP contribution in [0.15, 0.2) is 36.4 Å². The Morgan fingerprint density at radius 1 is 1.21 bits per heavy atom. The summed E-state index contributed by atoms with van der Waals surface area (Å²) in [6, 6.07) is 4.89.